The van der Waals surface area contributed by atoms with Gasteiger partial charge in [-0.3, -0.25) is 14.7 Å². The standard InChI is InChI=1S/C25H21ClN4O3/c1-3-22(23(31)9-15-4-7-21-17(8-15)13-28-29-21)30-14-24(33-2)20(11-25(30)32)19-10-18(26)6-5-16(19)12-27/h4-8,10-11,13-14,22H,3,9H2,1-2H3,(H,28,29). The zero-order chi connectivity index (χ0) is 23.5. The van der Waals surface area contributed by atoms with Crippen molar-refractivity contribution in [3.8, 4) is 22.9 Å². The zero-order valence-electron chi connectivity index (χ0n) is 18.1. The Bertz CT molecular complexity index is 1450. The molecule has 0 aliphatic heterocycles. The second-order valence-corrected chi connectivity index (χ2v) is 8.10. The van der Waals surface area contributed by atoms with E-state index in [1.807, 2.05) is 25.1 Å². The molecule has 0 radical (unpaired) electrons. The fourth-order valence-corrected chi connectivity index (χ4v) is 4.15. The number of ketones is 1. The molecule has 4 rings (SSSR count). The highest BCUT2D eigenvalue weighted by atomic mass is 35.5. The number of fused-ring (bicyclic) bond motifs is 1. The van der Waals surface area contributed by atoms with Gasteiger partial charge in [-0.15, -0.1) is 0 Å². The van der Waals surface area contributed by atoms with Gasteiger partial charge in [0, 0.05) is 34.0 Å². The van der Waals surface area contributed by atoms with Crippen molar-refractivity contribution in [3.63, 3.8) is 0 Å². The molecule has 1 atom stereocenters. The van der Waals surface area contributed by atoms with E-state index in [0.29, 0.717) is 33.9 Å². The molecule has 8 heteroatoms. The first kappa shape index (κ1) is 22.3. The largest absolute Gasteiger partial charge is 0.495 e. The number of H-pyrrole nitrogens is 1. The number of Topliss-reactive ketones (excluding diaryl/α,β-unsaturated/α-hetero) is 1. The van der Waals surface area contributed by atoms with E-state index in [9.17, 15) is 14.9 Å². The highest BCUT2D eigenvalue weighted by Crippen LogP contribution is 2.33. The molecule has 0 aliphatic carbocycles. The number of hydrogen-bond acceptors (Lipinski definition) is 5. The summed E-state index contributed by atoms with van der Waals surface area (Å²) in [6.45, 7) is 1.86. The van der Waals surface area contributed by atoms with E-state index in [2.05, 4.69) is 16.3 Å². The highest BCUT2D eigenvalue weighted by molar-refractivity contribution is 6.31. The minimum atomic E-state index is -0.657. The molecule has 33 heavy (non-hydrogen) atoms. The van der Waals surface area contributed by atoms with Crippen LogP contribution in [0.25, 0.3) is 22.0 Å². The Balaban J connectivity index is 1.71. The van der Waals surface area contributed by atoms with Gasteiger partial charge in [0.05, 0.1) is 42.7 Å². The van der Waals surface area contributed by atoms with Crippen LogP contribution in [0.15, 0.2) is 59.7 Å². The summed E-state index contributed by atoms with van der Waals surface area (Å²) in [7, 11) is 1.48. The van der Waals surface area contributed by atoms with Gasteiger partial charge in [0.1, 0.15) is 5.75 Å². The molecule has 0 amide bonds. The highest BCUT2D eigenvalue weighted by Gasteiger charge is 2.23. The third-order valence-electron chi connectivity index (χ3n) is 5.63. The van der Waals surface area contributed by atoms with Crippen molar-refractivity contribution in [2.45, 2.75) is 25.8 Å². The minimum absolute atomic E-state index is 0.0854. The molecule has 0 aliphatic rings. The maximum absolute atomic E-state index is 13.2. The van der Waals surface area contributed by atoms with Gasteiger partial charge in [-0.25, -0.2) is 0 Å². The molecule has 2 heterocycles. The summed E-state index contributed by atoms with van der Waals surface area (Å²) in [6, 6.07) is 13.3. The summed E-state index contributed by atoms with van der Waals surface area (Å²) in [6.07, 6.45) is 3.86. The lowest BCUT2D eigenvalue weighted by molar-refractivity contribution is -0.121. The van der Waals surface area contributed by atoms with Crippen LogP contribution in [0, 0.1) is 11.3 Å². The van der Waals surface area contributed by atoms with E-state index >= 15 is 0 Å². The Kier molecular flexibility index (Phi) is 6.29. The number of pyridine rings is 1. The first-order valence-electron chi connectivity index (χ1n) is 10.4. The quantitative estimate of drug-likeness (QED) is 0.431. The molecular formula is C25H21ClN4O3. The number of ether oxygens (including phenoxy) is 1. The molecule has 0 spiro atoms. The first-order chi connectivity index (χ1) is 15.9. The second kappa shape index (κ2) is 9.31. The molecule has 1 N–H and O–H groups in total. The molecule has 1 unspecified atom stereocenters. The average molecular weight is 461 g/mol. The maximum atomic E-state index is 13.2. The number of nitrogens with one attached hydrogen (secondary N) is 1. The SMILES string of the molecule is CCC(C(=O)Cc1ccc2[nH]ncc2c1)n1cc(OC)c(-c2cc(Cl)ccc2C#N)cc1=O. The number of carbonyl (C=O) groups excluding carboxylic acids is 1. The summed E-state index contributed by atoms with van der Waals surface area (Å²) in [5.74, 6) is 0.289. The maximum Gasteiger partial charge on any atom is 0.252 e. The van der Waals surface area contributed by atoms with Gasteiger partial charge < -0.3 is 9.30 Å². The van der Waals surface area contributed by atoms with Gasteiger partial charge in [0.2, 0.25) is 0 Å². The van der Waals surface area contributed by atoms with E-state index in [1.54, 1.807) is 24.4 Å². The van der Waals surface area contributed by atoms with Crippen molar-refractivity contribution in [1.82, 2.24) is 14.8 Å². The summed E-state index contributed by atoms with van der Waals surface area (Å²) in [5, 5.41) is 17.7. The number of hydrogen-bond donors (Lipinski definition) is 1. The molecule has 0 saturated heterocycles. The van der Waals surface area contributed by atoms with Crippen molar-refractivity contribution in [2.24, 2.45) is 0 Å². The van der Waals surface area contributed by atoms with Gasteiger partial charge in [-0.2, -0.15) is 10.4 Å². The van der Waals surface area contributed by atoms with E-state index < -0.39 is 6.04 Å². The van der Waals surface area contributed by atoms with Crippen LogP contribution in [0.2, 0.25) is 5.02 Å². The Morgan fingerprint density at radius 3 is 2.79 bits per heavy atom. The number of halogens is 1. The van der Waals surface area contributed by atoms with Crippen LogP contribution in [-0.4, -0.2) is 27.7 Å². The Labute approximate surface area is 195 Å². The Morgan fingerprint density at radius 1 is 1.24 bits per heavy atom. The predicted molar refractivity (Wildman–Crippen MR) is 127 cm³/mol. The van der Waals surface area contributed by atoms with Crippen molar-refractivity contribution < 1.29 is 9.53 Å². The number of rotatable bonds is 7. The van der Waals surface area contributed by atoms with Gasteiger partial charge in [0.15, 0.2) is 5.78 Å². The third kappa shape index (κ3) is 4.38. The number of nitrogens with zero attached hydrogens (tertiary/aromatic N) is 3. The number of methoxy groups -OCH3 is 1. The van der Waals surface area contributed by atoms with Crippen LogP contribution in [0.5, 0.6) is 5.75 Å². The van der Waals surface area contributed by atoms with Gasteiger partial charge in [0.25, 0.3) is 5.56 Å². The number of benzene rings is 2. The molecule has 0 fully saturated rings. The summed E-state index contributed by atoms with van der Waals surface area (Å²) >= 11 is 6.13. The molecule has 166 valence electrons. The fraction of sp³-hybridized carbons (Fsp3) is 0.200. The average Bonchev–Trinajstić information content (AvgIpc) is 3.28. The number of carbonyl (C=O) groups is 1. The predicted octanol–water partition coefficient (Wildman–Crippen LogP) is 4.69. The Morgan fingerprint density at radius 2 is 2.06 bits per heavy atom. The van der Waals surface area contributed by atoms with E-state index in [1.165, 1.54) is 23.9 Å². The van der Waals surface area contributed by atoms with Gasteiger partial charge >= 0.3 is 0 Å². The van der Waals surface area contributed by atoms with Crippen LogP contribution >= 0.6 is 11.6 Å². The smallest absolute Gasteiger partial charge is 0.252 e. The van der Waals surface area contributed by atoms with Crippen LogP contribution in [0.4, 0.5) is 0 Å². The van der Waals surface area contributed by atoms with Crippen molar-refractivity contribution in [1.29, 1.82) is 5.26 Å². The van der Waals surface area contributed by atoms with Crippen molar-refractivity contribution in [3.05, 3.63) is 81.4 Å². The zero-order valence-corrected chi connectivity index (χ0v) is 18.9. The number of aromatic amines is 1. The fourth-order valence-electron chi connectivity index (χ4n) is 3.98. The molecular weight excluding hydrogens is 440 g/mol. The monoisotopic (exact) mass is 460 g/mol. The first-order valence-corrected chi connectivity index (χ1v) is 10.8. The van der Waals surface area contributed by atoms with E-state index in [0.717, 1.165) is 16.5 Å². The number of nitriles is 1. The van der Waals surface area contributed by atoms with Crippen LogP contribution in [0.3, 0.4) is 0 Å². The van der Waals surface area contributed by atoms with Crippen LogP contribution in [0.1, 0.15) is 30.5 Å². The molecule has 4 aromatic rings. The lowest BCUT2D eigenvalue weighted by atomic mass is 9.98. The van der Waals surface area contributed by atoms with Crippen molar-refractivity contribution in [2.75, 3.05) is 7.11 Å². The lowest BCUT2D eigenvalue weighted by Crippen LogP contribution is -2.30. The van der Waals surface area contributed by atoms with E-state index in [4.69, 9.17) is 16.3 Å². The van der Waals surface area contributed by atoms with Crippen molar-refractivity contribution >= 4 is 28.3 Å². The molecule has 0 bridgehead atoms. The summed E-state index contributed by atoms with van der Waals surface area (Å²) in [4.78, 5) is 26.3. The summed E-state index contributed by atoms with van der Waals surface area (Å²) in [5.41, 5.74) is 2.70. The minimum Gasteiger partial charge on any atom is -0.495 e. The molecule has 0 saturated carbocycles. The lowest BCUT2D eigenvalue weighted by Gasteiger charge is -2.20. The van der Waals surface area contributed by atoms with E-state index in [-0.39, 0.29) is 17.8 Å². The van der Waals surface area contributed by atoms with Crippen LogP contribution in [-0.2, 0) is 11.2 Å². The molecule has 7 nitrogen and oxygen atoms in total. The Hall–Kier alpha value is -3.89. The normalized spacial score (nSPS) is 11.8. The topological polar surface area (TPSA) is 101 Å². The van der Waals surface area contributed by atoms with Crippen LogP contribution < -0.4 is 10.3 Å². The van der Waals surface area contributed by atoms with Gasteiger partial charge in [-0.1, -0.05) is 24.6 Å². The third-order valence-corrected chi connectivity index (χ3v) is 5.87. The van der Waals surface area contributed by atoms with Gasteiger partial charge in [-0.05, 0) is 42.3 Å². The second-order valence-electron chi connectivity index (χ2n) is 7.66. The number of aromatic nitrogens is 3. The molecule has 2 aromatic heterocycles. The summed E-state index contributed by atoms with van der Waals surface area (Å²) < 4.78 is 6.93. The molecule has 2 aromatic carbocycles.